The number of nitriles is 1. The Labute approximate surface area is 121 Å². The van der Waals surface area contributed by atoms with Crippen LogP contribution in [0.1, 0.15) is 6.92 Å². The molecule has 104 valence electrons. The number of nitrogens with zero attached hydrogens (tertiary/aromatic N) is 1. The lowest BCUT2D eigenvalue weighted by Gasteiger charge is -2.18. The summed E-state index contributed by atoms with van der Waals surface area (Å²) in [6.45, 7) is 2.53. The lowest BCUT2D eigenvalue weighted by Crippen LogP contribution is -2.21. The second kappa shape index (κ2) is 6.44. The molecule has 0 amide bonds. The summed E-state index contributed by atoms with van der Waals surface area (Å²) in [6, 6.07) is 7.34. The molecule has 0 radical (unpaired) electrons. The van der Waals surface area contributed by atoms with Gasteiger partial charge >= 0.3 is 0 Å². The van der Waals surface area contributed by atoms with Crippen LogP contribution in [0.25, 0.3) is 0 Å². The van der Waals surface area contributed by atoms with Gasteiger partial charge in [-0.3, -0.25) is 4.79 Å². The minimum atomic E-state index is -0.945. The monoisotopic (exact) mass is 290 g/mol. The molecule has 6 heteroatoms. The molecule has 0 bridgehead atoms. The van der Waals surface area contributed by atoms with E-state index >= 15 is 0 Å². The van der Waals surface area contributed by atoms with Gasteiger partial charge in [-0.1, -0.05) is 0 Å². The molecule has 20 heavy (non-hydrogen) atoms. The number of nitrogens with one attached hydrogen (secondary N) is 1. The molecule has 1 aromatic rings. The molecule has 1 heterocycles. The van der Waals surface area contributed by atoms with Gasteiger partial charge in [0.25, 0.3) is 0 Å². The number of hydrogen-bond donors (Lipinski definition) is 1. The van der Waals surface area contributed by atoms with Crippen molar-refractivity contribution in [3.8, 4) is 17.6 Å². The quantitative estimate of drug-likeness (QED) is 0.664. The molecule has 0 aliphatic carbocycles. The van der Waals surface area contributed by atoms with Gasteiger partial charge in [0, 0.05) is 10.6 Å². The van der Waals surface area contributed by atoms with Crippen LogP contribution in [0.15, 0.2) is 23.1 Å². The van der Waals surface area contributed by atoms with Crippen molar-refractivity contribution in [1.29, 1.82) is 10.7 Å². The highest BCUT2D eigenvalue weighted by Crippen LogP contribution is 2.34. The predicted octanol–water partition coefficient (Wildman–Crippen LogP) is 2.30. The van der Waals surface area contributed by atoms with E-state index in [0.717, 1.165) is 4.90 Å². The van der Waals surface area contributed by atoms with Gasteiger partial charge in [0.2, 0.25) is 0 Å². The summed E-state index contributed by atoms with van der Waals surface area (Å²) in [7, 11) is 0. The Balaban J connectivity index is 1.99. The molecule has 5 nitrogen and oxygen atoms in total. The van der Waals surface area contributed by atoms with E-state index in [4.69, 9.17) is 20.1 Å². The third-order valence-electron chi connectivity index (χ3n) is 2.78. The van der Waals surface area contributed by atoms with E-state index in [1.165, 1.54) is 18.7 Å². The topological polar surface area (TPSA) is 83.2 Å². The Morgan fingerprint density at radius 2 is 2.15 bits per heavy atom. The fourth-order valence-electron chi connectivity index (χ4n) is 1.76. The summed E-state index contributed by atoms with van der Waals surface area (Å²) in [4.78, 5) is 12.7. The maximum Gasteiger partial charge on any atom is 0.165 e. The van der Waals surface area contributed by atoms with Gasteiger partial charge in [-0.2, -0.15) is 5.26 Å². The molecule has 1 aromatic carbocycles. The van der Waals surface area contributed by atoms with Crippen molar-refractivity contribution in [2.24, 2.45) is 5.92 Å². The Morgan fingerprint density at radius 3 is 2.80 bits per heavy atom. The molecule has 2 rings (SSSR count). The Bertz CT molecular complexity index is 580. The summed E-state index contributed by atoms with van der Waals surface area (Å²) in [5.74, 6) is 0.346. The summed E-state index contributed by atoms with van der Waals surface area (Å²) >= 11 is 1.33. The van der Waals surface area contributed by atoms with Crippen molar-refractivity contribution in [3.63, 3.8) is 0 Å². The maximum atomic E-state index is 11.8. The van der Waals surface area contributed by atoms with Crippen molar-refractivity contribution in [3.05, 3.63) is 18.2 Å². The summed E-state index contributed by atoms with van der Waals surface area (Å²) in [5.41, 5.74) is 0.0836. The van der Waals surface area contributed by atoms with E-state index in [9.17, 15) is 4.79 Å². The Hall–Kier alpha value is -2.00. The fourth-order valence-corrected chi connectivity index (χ4v) is 2.59. The van der Waals surface area contributed by atoms with Crippen LogP contribution in [0.5, 0.6) is 11.5 Å². The van der Waals surface area contributed by atoms with Crippen molar-refractivity contribution in [1.82, 2.24) is 0 Å². The average Bonchev–Trinajstić information content (AvgIpc) is 2.45. The van der Waals surface area contributed by atoms with E-state index in [0.29, 0.717) is 24.7 Å². The Morgan fingerprint density at radius 1 is 1.45 bits per heavy atom. The standard InChI is InChI=1S/C14H14N2O3S/c1-9(16)11(7-15)12(17)8-20-10-2-3-13-14(6-10)19-5-4-18-13/h2-3,6,11,16H,4-5,8H2,1H3. The highest BCUT2D eigenvalue weighted by Gasteiger charge is 2.20. The van der Waals surface area contributed by atoms with Gasteiger partial charge in [0.15, 0.2) is 17.3 Å². The van der Waals surface area contributed by atoms with Gasteiger partial charge in [0.1, 0.15) is 19.1 Å². The first-order valence-corrected chi connectivity index (χ1v) is 7.10. The smallest absolute Gasteiger partial charge is 0.165 e. The van der Waals surface area contributed by atoms with Gasteiger partial charge in [-0.15, -0.1) is 11.8 Å². The first-order valence-electron chi connectivity index (χ1n) is 6.11. The number of ether oxygens (including phenoxy) is 2. The number of carbonyl (C=O) groups excluding carboxylic acids is 1. The van der Waals surface area contributed by atoms with Crippen LogP contribution < -0.4 is 9.47 Å². The van der Waals surface area contributed by atoms with Crippen LogP contribution in [0, 0.1) is 22.7 Å². The van der Waals surface area contributed by atoms with Gasteiger partial charge < -0.3 is 14.9 Å². The first-order chi connectivity index (χ1) is 9.61. The maximum absolute atomic E-state index is 11.8. The lowest BCUT2D eigenvalue weighted by molar-refractivity contribution is -0.117. The second-order valence-electron chi connectivity index (χ2n) is 4.31. The molecule has 1 atom stereocenters. The molecule has 0 spiro atoms. The van der Waals surface area contributed by atoms with Crippen molar-refractivity contribution in [2.45, 2.75) is 11.8 Å². The highest BCUT2D eigenvalue weighted by atomic mass is 32.2. The molecular formula is C14H14N2O3S. The Kier molecular flexibility index (Phi) is 4.64. The number of ketones is 1. The van der Waals surface area contributed by atoms with Crippen LogP contribution in [-0.2, 0) is 4.79 Å². The summed E-state index contributed by atoms with van der Waals surface area (Å²) in [6.07, 6.45) is 0. The molecule has 1 unspecified atom stereocenters. The normalized spacial score (nSPS) is 14.2. The van der Waals surface area contributed by atoms with E-state index in [1.807, 2.05) is 24.3 Å². The van der Waals surface area contributed by atoms with E-state index in [-0.39, 0.29) is 17.2 Å². The lowest BCUT2D eigenvalue weighted by atomic mass is 10.0. The van der Waals surface area contributed by atoms with E-state index in [1.54, 1.807) is 0 Å². The van der Waals surface area contributed by atoms with Crippen molar-refractivity contribution >= 4 is 23.3 Å². The molecule has 0 fully saturated rings. The van der Waals surface area contributed by atoms with Crippen molar-refractivity contribution in [2.75, 3.05) is 19.0 Å². The second-order valence-corrected chi connectivity index (χ2v) is 5.35. The number of Topliss-reactive ketones (excluding diaryl/α,β-unsaturated/α-hetero) is 1. The number of thioether (sulfide) groups is 1. The average molecular weight is 290 g/mol. The van der Waals surface area contributed by atoms with Crippen LogP contribution in [0.4, 0.5) is 0 Å². The van der Waals surface area contributed by atoms with Crippen LogP contribution >= 0.6 is 11.8 Å². The third-order valence-corrected chi connectivity index (χ3v) is 3.79. The van der Waals surface area contributed by atoms with Gasteiger partial charge in [-0.25, -0.2) is 0 Å². The number of carbonyl (C=O) groups is 1. The number of hydrogen-bond acceptors (Lipinski definition) is 6. The van der Waals surface area contributed by atoms with Gasteiger partial charge in [-0.05, 0) is 25.1 Å². The SMILES string of the molecule is CC(=N)C(C#N)C(=O)CSc1ccc2c(c1)OCCO2. The largest absolute Gasteiger partial charge is 0.486 e. The summed E-state index contributed by atoms with van der Waals surface area (Å²) in [5, 5.41) is 16.3. The molecule has 1 aliphatic heterocycles. The summed E-state index contributed by atoms with van der Waals surface area (Å²) < 4.78 is 10.9. The van der Waals surface area contributed by atoms with Gasteiger partial charge in [0.05, 0.1) is 11.8 Å². The minimum Gasteiger partial charge on any atom is -0.486 e. The highest BCUT2D eigenvalue weighted by molar-refractivity contribution is 8.00. The third kappa shape index (κ3) is 3.31. The zero-order valence-corrected chi connectivity index (χ0v) is 11.8. The zero-order valence-electron chi connectivity index (χ0n) is 11.0. The number of fused-ring (bicyclic) bond motifs is 1. The number of benzene rings is 1. The first kappa shape index (κ1) is 14.4. The molecule has 1 N–H and O–H groups in total. The molecule has 0 saturated heterocycles. The zero-order chi connectivity index (χ0) is 14.5. The molecule has 0 aromatic heterocycles. The molecular weight excluding hydrogens is 276 g/mol. The minimum absolute atomic E-state index is 0.0836. The number of rotatable bonds is 5. The van der Waals surface area contributed by atoms with Crippen LogP contribution in [0.2, 0.25) is 0 Å². The van der Waals surface area contributed by atoms with Crippen LogP contribution in [0.3, 0.4) is 0 Å². The van der Waals surface area contributed by atoms with Crippen molar-refractivity contribution < 1.29 is 14.3 Å². The molecule has 1 aliphatic rings. The molecule has 0 saturated carbocycles. The van der Waals surface area contributed by atoms with E-state index < -0.39 is 5.92 Å². The van der Waals surface area contributed by atoms with E-state index in [2.05, 4.69) is 0 Å². The predicted molar refractivity (Wildman–Crippen MR) is 75.7 cm³/mol. The fraction of sp³-hybridized carbons (Fsp3) is 0.357. The van der Waals surface area contributed by atoms with Crippen LogP contribution in [-0.4, -0.2) is 30.5 Å².